The maximum absolute atomic E-state index is 13.9. The molecule has 26 heavy (non-hydrogen) atoms. The van der Waals surface area contributed by atoms with Gasteiger partial charge < -0.3 is 14.5 Å². The van der Waals surface area contributed by atoms with Crippen LogP contribution in [0.5, 0.6) is 0 Å². The first-order valence-electron chi connectivity index (χ1n) is 9.03. The molecule has 0 unspecified atom stereocenters. The lowest BCUT2D eigenvalue weighted by Crippen LogP contribution is -2.51. The van der Waals surface area contributed by atoms with Gasteiger partial charge in [0.05, 0.1) is 31.5 Å². The van der Waals surface area contributed by atoms with Crippen LogP contribution < -0.4 is 0 Å². The summed E-state index contributed by atoms with van der Waals surface area (Å²) < 4.78 is 33.4. The van der Waals surface area contributed by atoms with Crippen LogP contribution in [-0.4, -0.2) is 52.6 Å². The van der Waals surface area contributed by atoms with Crippen LogP contribution in [0, 0.1) is 17.6 Å². The van der Waals surface area contributed by atoms with Crippen molar-refractivity contribution in [1.82, 2.24) is 9.80 Å². The van der Waals surface area contributed by atoms with Crippen molar-refractivity contribution in [2.24, 2.45) is 5.92 Å². The second kappa shape index (κ2) is 6.01. The number of carbonyl (C=O) groups is 2. The van der Waals surface area contributed by atoms with E-state index in [1.54, 1.807) is 4.90 Å². The summed E-state index contributed by atoms with van der Waals surface area (Å²) in [5, 5.41) is 0. The van der Waals surface area contributed by atoms with Gasteiger partial charge in [0, 0.05) is 18.5 Å². The Morgan fingerprint density at radius 3 is 2.88 bits per heavy atom. The van der Waals surface area contributed by atoms with Crippen LogP contribution in [0.25, 0.3) is 0 Å². The highest BCUT2D eigenvalue weighted by Gasteiger charge is 2.65. The molecule has 1 spiro atoms. The molecule has 3 heterocycles. The van der Waals surface area contributed by atoms with E-state index in [0.717, 1.165) is 6.07 Å². The standard InChI is InChI=1S/C19H22F2N2O3/c1-11(2)14-10-26-19-6-7-22(15(19)9-17(25)23(14)19)16(24)8-12-4-3-5-13(20)18(12)21/h3-5,11,14-15H,6-10H2,1-2H3/t14-,15+,19-/m0/s1. The third-order valence-corrected chi connectivity index (χ3v) is 5.95. The van der Waals surface area contributed by atoms with Gasteiger partial charge in [-0.05, 0) is 12.0 Å². The Kier molecular flexibility index (Phi) is 4.02. The van der Waals surface area contributed by atoms with Crippen molar-refractivity contribution in [2.45, 2.75) is 50.9 Å². The summed E-state index contributed by atoms with van der Waals surface area (Å²) in [5.41, 5.74) is -0.716. The molecule has 3 atom stereocenters. The first kappa shape index (κ1) is 17.4. The Labute approximate surface area is 150 Å². The maximum Gasteiger partial charge on any atom is 0.227 e. The molecular weight excluding hydrogens is 342 g/mol. The molecule has 3 fully saturated rings. The molecule has 3 aliphatic rings. The molecule has 3 saturated heterocycles. The average Bonchev–Trinajstić information content (AvgIpc) is 3.21. The Hall–Kier alpha value is -2.02. The number of hydrogen-bond acceptors (Lipinski definition) is 3. The minimum absolute atomic E-state index is 0.000589. The molecule has 4 rings (SSSR count). The van der Waals surface area contributed by atoms with E-state index in [0.29, 0.717) is 19.6 Å². The van der Waals surface area contributed by atoms with Gasteiger partial charge in [0.15, 0.2) is 17.4 Å². The van der Waals surface area contributed by atoms with Crippen LogP contribution in [0.1, 0.15) is 32.3 Å². The zero-order chi connectivity index (χ0) is 18.6. The van der Waals surface area contributed by atoms with Gasteiger partial charge in [-0.1, -0.05) is 26.0 Å². The van der Waals surface area contributed by atoms with Gasteiger partial charge in [-0.3, -0.25) is 9.59 Å². The highest BCUT2D eigenvalue weighted by Crippen LogP contribution is 2.48. The molecule has 1 aromatic carbocycles. The Morgan fingerprint density at radius 2 is 2.15 bits per heavy atom. The molecular formula is C19H22F2N2O3. The molecule has 0 bridgehead atoms. The second-order valence-corrected chi connectivity index (χ2v) is 7.68. The third kappa shape index (κ3) is 2.36. The minimum atomic E-state index is -0.990. The molecule has 1 aromatic rings. The molecule has 7 heteroatoms. The summed E-state index contributed by atoms with van der Waals surface area (Å²) >= 11 is 0. The summed E-state index contributed by atoms with van der Waals surface area (Å²) in [4.78, 5) is 28.8. The van der Waals surface area contributed by atoms with E-state index in [4.69, 9.17) is 4.74 Å². The Balaban J connectivity index is 1.56. The first-order valence-corrected chi connectivity index (χ1v) is 9.03. The average molecular weight is 364 g/mol. The fourth-order valence-electron chi connectivity index (χ4n) is 4.62. The zero-order valence-corrected chi connectivity index (χ0v) is 14.9. The highest BCUT2D eigenvalue weighted by molar-refractivity contribution is 5.85. The van der Waals surface area contributed by atoms with Crippen molar-refractivity contribution in [3.63, 3.8) is 0 Å². The largest absolute Gasteiger partial charge is 0.351 e. The normalized spacial score (nSPS) is 30.3. The quantitative estimate of drug-likeness (QED) is 0.825. The van der Waals surface area contributed by atoms with Crippen molar-refractivity contribution in [1.29, 1.82) is 0 Å². The number of halogens is 2. The van der Waals surface area contributed by atoms with Crippen LogP contribution in [-0.2, 0) is 20.7 Å². The molecule has 2 amide bonds. The molecule has 0 aliphatic carbocycles. The number of rotatable bonds is 3. The van der Waals surface area contributed by atoms with Gasteiger partial charge in [-0.15, -0.1) is 0 Å². The summed E-state index contributed by atoms with van der Waals surface area (Å²) in [6.45, 7) is 5.03. The molecule has 0 aromatic heterocycles. The van der Waals surface area contributed by atoms with E-state index < -0.39 is 17.4 Å². The van der Waals surface area contributed by atoms with Crippen LogP contribution in [0.3, 0.4) is 0 Å². The lowest BCUT2D eigenvalue weighted by Gasteiger charge is -2.34. The van der Waals surface area contributed by atoms with E-state index in [1.807, 2.05) is 4.90 Å². The van der Waals surface area contributed by atoms with Crippen LogP contribution in [0.15, 0.2) is 18.2 Å². The van der Waals surface area contributed by atoms with Gasteiger partial charge in [-0.25, -0.2) is 8.78 Å². The number of hydrogen-bond donors (Lipinski definition) is 0. The predicted octanol–water partition coefficient (Wildman–Crippen LogP) is 2.09. The zero-order valence-electron chi connectivity index (χ0n) is 14.9. The number of amides is 2. The number of ether oxygens (including phenoxy) is 1. The molecule has 0 saturated carbocycles. The number of likely N-dealkylation sites (tertiary alicyclic amines) is 1. The topological polar surface area (TPSA) is 49.9 Å². The van der Waals surface area contributed by atoms with Gasteiger partial charge in [0.2, 0.25) is 11.8 Å². The molecule has 3 aliphatic heterocycles. The van der Waals surface area contributed by atoms with Gasteiger partial charge >= 0.3 is 0 Å². The summed E-state index contributed by atoms with van der Waals surface area (Å²) in [6, 6.07) is 3.49. The fraction of sp³-hybridized carbons (Fsp3) is 0.579. The minimum Gasteiger partial charge on any atom is -0.351 e. The predicted molar refractivity (Wildman–Crippen MR) is 89.0 cm³/mol. The van der Waals surface area contributed by atoms with E-state index in [1.165, 1.54) is 12.1 Å². The molecule has 140 valence electrons. The Morgan fingerprint density at radius 1 is 1.38 bits per heavy atom. The third-order valence-electron chi connectivity index (χ3n) is 5.95. The number of nitrogens with zero attached hydrogens (tertiary/aromatic N) is 2. The lowest BCUT2D eigenvalue weighted by molar-refractivity contribution is -0.141. The van der Waals surface area contributed by atoms with Crippen LogP contribution in [0.4, 0.5) is 8.78 Å². The smallest absolute Gasteiger partial charge is 0.227 e. The number of carbonyl (C=O) groups excluding carboxylic acids is 2. The SMILES string of the molecule is CC(C)[C@@H]1CO[C@@]23CCN(C(=O)Cc4cccc(F)c4F)[C@@H]2CC(=O)N13. The van der Waals surface area contributed by atoms with E-state index in [9.17, 15) is 18.4 Å². The van der Waals surface area contributed by atoms with Gasteiger partial charge in [-0.2, -0.15) is 0 Å². The Bertz CT molecular complexity index is 769. The van der Waals surface area contributed by atoms with Gasteiger partial charge in [0.25, 0.3) is 0 Å². The van der Waals surface area contributed by atoms with Crippen molar-refractivity contribution < 1.29 is 23.1 Å². The number of benzene rings is 1. The first-order chi connectivity index (χ1) is 12.3. The maximum atomic E-state index is 13.9. The lowest BCUT2D eigenvalue weighted by atomic mass is 10.0. The molecule has 5 nitrogen and oxygen atoms in total. The fourth-order valence-corrected chi connectivity index (χ4v) is 4.62. The van der Waals surface area contributed by atoms with Crippen molar-refractivity contribution >= 4 is 11.8 Å². The summed E-state index contributed by atoms with van der Waals surface area (Å²) in [5.74, 6) is -1.99. The van der Waals surface area contributed by atoms with Crippen molar-refractivity contribution in [3.8, 4) is 0 Å². The van der Waals surface area contributed by atoms with Crippen molar-refractivity contribution in [2.75, 3.05) is 13.2 Å². The second-order valence-electron chi connectivity index (χ2n) is 7.68. The van der Waals surface area contributed by atoms with E-state index in [-0.39, 0.29) is 48.2 Å². The van der Waals surface area contributed by atoms with E-state index >= 15 is 0 Å². The molecule has 0 N–H and O–H groups in total. The monoisotopic (exact) mass is 364 g/mol. The summed E-state index contributed by atoms with van der Waals surface area (Å²) in [7, 11) is 0. The van der Waals surface area contributed by atoms with Gasteiger partial charge in [0.1, 0.15) is 0 Å². The van der Waals surface area contributed by atoms with E-state index in [2.05, 4.69) is 13.8 Å². The van der Waals surface area contributed by atoms with Crippen LogP contribution in [0.2, 0.25) is 0 Å². The van der Waals surface area contributed by atoms with Crippen LogP contribution >= 0.6 is 0 Å². The summed E-state index contributed by atoms with van der Waals surface area (Å²) in [6.07, 6.45) is 0.558. The highest BCUT2D eigenvalue weighted by atomic mass is 19.2. The molecule has 0 radical (unpaired) electrons. The van der Waals surface area contributed by atoms with Crippen molar-refractivity contribution in [3.05, 3.63) is 35.4 Å².